The minimum atomic E-state index is -2.88. The normalized spacial score (nSPS) is 19.6. The first-order chi connectivity index (χ1) is 11.0. The lowest BCUT2D eigenvalue weighted by molar-refractivity contribution is 0.599. The zero-order valence-corrected chi connectivity index (χ0v) is 17.7. The molecule has 0 saturated carbocycles. The number of guanidine groups is 1. The second-order valence-corrected chi connectivity index (χ2v) is 8.34. The lowest BCUT2D eigenvalue weighted by Gasteiger charge is -2.15. The molecule has 0 amide bonds. The number of nitrogens with zero attached hydrogens (tertiary/aromatic N) is 1. The van der Waals surface area contributed by atoms with Crippen LogP contribution in [-0.4, -0.2) is 45.0 Å². The zero-order valence-electron chi connectivity index (χ0n) is 13.8. The number of hydrogen-bond acceptors (Lipinski definition) is 3. The van der Waals surface area contributed by atoms with Crippen LogP contribution in [0.2, 0.25) is 5.02 Å². The van der Waals surface area contributed by atoms with Crippen LogP contribution in [0.25, 0.3) is 0 Å². The van der Waals surface area contributed by atoms with Crippen molar-refractivity contribution in [2.75, 3.05) is 24.6 Å². The molecule has 8 heteroatoms. The topological polar surface area (TPSA) is 70.6 Å². The number of rotatable bonds is 6. The maximum atomic E-state index is 11.5. The molecule has 1 aromatic carbocycles. The molecule has 2 N–H and O–H groups in total. The molecule has 1 aromatic rings. The van der Waals surface area contributed by atoms with Gasteiger partial charge in [-0.2, -0.15) is 0 Å². The summed E-state index contributed by atoms with van der Waals surface area (Å²) in [6.45, 7) is 3.40. The van der Waals surface area contributed by atoms with Gasteiger partial charge in [0, 0.05) is 24.2 Å². The SMILES string of the molecule is CCNC(=NCCCc1ccccc1Cl)NC1CCS(=O)(=O)C1.I. The van der Waals surface area contributed by atoms with E-state index < -0.39 is 9.84 Å². The fourth-order valence-corrected chi connectivity index (χ4v) is 4.49. The fraction of sp³-hybridized carbons (Fsp3) is 0.562. The van der Waals surface area contributed by atoms with Crippen molar-refractivity contribution in [1.82, 2.24) is 10.6 Å². The maximum Gasteiger partial charge on any atom is 0.191 e. The third-order valence-corrected chi connectivity index (χ3v) is 5.89. The third-order valence-electron chi connectivity index (χ3n) is 3.75. The van der Waals surface area contributed by atoms with E-state index in [4.69, 9.17) is 11.6 Å². The Bertz CT molecular complexity index is 652. The number of aryl methyl sites for hydroxylation is 1. The molecule has 0 aliphatic carbocycles. The van der Waals surface area contributed by atoms with Gasteiger partial charge in [0.2, 0.25) is 0 Å². The number of halogens is 2. The Morgan fingerprint density at radius 3 is 2.75 bits per heavy atom. The Morgan fingerprint density at radius 1 is 1.38 bits per heavy atom. The van der Waals surface area contributed by atoms with Gasteiger partial charge in [-0.15, -0.1) is 24.0 Å². The number of hydrogen-bond donors (Lipinski definition) is 2. The Kier molecular flexibility index (Phi) is 9.36. The second kappa shape index (κ2) is 10.5. The van der Waals surface area contributed by atoms with Crippen molar-refractivity contribution >= 4 is 51.4 Å². The van der Waals surface area contributed by atoms with Gasteiger partial charge in [-0.1, -0.05) is 29.8 Å². The van der Waals surface area contributed by atoms with Crippen LogP contribution in [0.4, 0.5) is 0 Å². The molecular formula is C16H25ClIN3O2S. The number of aliphatic imine (C=N–C) groups is 1. The minimum absolute atomic E-state index is 0. The Hall–Kier alpha value is -0.540. The molecule has 1 fully saturated rings. The highest BCUT2D eigenvalue weighted by Gasteiger charge is 2.28. The fourth-order valence-electron chi connectivity index (χ4n) is 2.58. The van der Waals surface area contributed by atoms with Gasteiger partial charge < -0.3 is 10.6 Å². The summed E-state index contributed by atoms with van der Waals surface area (Å²) in [5.41, 5.74) is 1.13. The van der Waals surface area contributed by atoms with E-state index in [-0.39, 0.29) is 41.5 Å². The van der Waals surface area contributed by atoms with Crippen LogP contribution in [0.15, 0.2) is 29.3 Å². The molecule has 1 atom stereocenters. The van der Waals surface area contributed by atoms with Gasteiger partial charge in [0.1, 0.15) is 0 Å². The highest BCUT2D eigenvalue weighted by atomic mass is 127. The van der Waals surface area contributed by atoms with Gasteiger partial charge in [-0.25, -0.2) is 8.42 Å². The number of sulfone groups is 1. The van der Waals surface area contributed by atoms with Gasteiger partial charge in [0.05, 0.1) is 11.5 Å². The lowest BCUT2D eigenvalue weighted by atomic mass is 10.1. The van der Waals surface area contributed by atoms with Gasteiger partial charge in [0.25, 0.3) is 0 Å². The maximum absolute atomic E-state index is 11.5. The van der Waals surface area contributed by atoms with E-state index in [1.807, 2.05) is 31.2 Å². The van der Waals surface area contributed by atoms with E-state index >= 15 is 0 Å². The van der Waals surface area contributed by atoms with Gasteiger partial charge in [0.15, 0.2) is 15.8 Å². The van der Waals surface area contributed by atoms with E-state index in [9.17, 15) is 8.42 Å². The van der Waals surface area contributed by atoms with Crippen LogP contribution in [0.1, 0.15) is 25.3 Å². The average Bonchev–Trinajstić information content (AvgIpc) is 2.84. The van der Waals surface area contributed by atoms with E-state index in [0.717, 1.165) is 30.0 Å². The average molecular weight is 486 g/mol. The zero-order chi connectivity index (χ0) is 16.7. The van der Waals surface area contributed by atoms with Crippen LogP contribution in [0.3, 0.4) is 0 Å². The van der Waals surface area contributed by atoms with Crippen molar-refractivity contribution < 1.29 is 8.42 Å². The quantitative estimate of drug-likeness (QED) is 0.281. The van der Waals surface area contributed by atoms with Crippen molar-refractivity contribution in [3.05, 3.63) is 34.9 Å². The largest absolute Gasteiger partial charge is 0.357 e. The van der Waals surface area contributed by atoms with Gasteiger partial charge in [-0.05, 0) is 37.8 Å². The summed E-state index contributed by atoms with van der Waals surface area (Å²) in [7, 11) is -2.88. The molecule has 5 nitrogen and oxygen atoms in total. The van der Waals surface area contributed by atoms with Crippen molar-refractivity contribution in [3.8, 4) is 0 Å². The van der Waals surface area contributed by atoms with Crippen molar-refractivity contribution in [2.24, 2.45) is 4.99 Å². The molecule has 0 radical (unpaired) electrons. The summed E-state index contributed by atoms with van der Waals surface area (Å²) >= 11 is 6.14. The Morgan fingerprint density at radius 2 is 2.12 bits per heavy atom. The smallest absolute Gasteiger partial charge is 0.191 e. The number of nitrogens with one attached hydrogen (secondary N) is 2. The predicted octanol–water partition coefficient (Wildman–Crippen LogP) is 2.63. The van der Waals surface area contributed by atoms with Crippen molar-refractivity contribution in [1.29, 1.82) is 0 Å². The monoisotopic (exact) mass is 485 g/mol. The molecule has 24 heavy (non-hydrogen) atoms. The summed E-state index contributed by atoms with van der Waals surface area (Å²) in [5.74, 6) is 1.14. The van der Waals surface area contributed by atoms with Crippen LogP contribution >= 0.6 is 35.6 Å². The minimum Gasteiger partial charge on any atom is -0.357 e. The van der Waals surface area contributed by atoms with Crippen molar-refractivity contribution in [3.63, 3.8) is 0 Å². The van der Waals surface area contributed by atoms with Gasteiger partial charge >= 0.3 is 0 Å². The molecule has 0 aromatic heterocycles. The first-order valence-corrected chi connectivity index (χ1v) is 10.2. The predicted molar refractivity (Wildman–Crippen MR) is 111 cm³/mol. The van der Waals surface area contributed by atoms with Gasteiger partial charge in [-0.3, -0.25) is 4.99 Å². The van der Waals surface area contributed by atoms with Crippen LogP contribution in [0, 0.1) is 0 Å². The summed E-state index contributed by atoms with van der Waals surface area (Å²) in [6.07, 6.45) is 2.41. The van der Waals surface area contributed by atoms with Crippen LogP contribution in [0.5, 0.6) is 0 Å². The highest BCUT2D eigenvalue weighted by Crippen LogP contribution is 2.16. The first kappa shape index (κ1) is 21.5. The Balaban J connectivity index is 0.00000288. The molecule has 1 saturated heterocycles. The number of benzene rings is 1. The molecule has 1 heterocycles. The highest BCUT2D eigenvalue weighted by molar-refractivity contribution is 14.0. The molecule has 0 spiro atoms. The molecular weight excluding hydrogens is 461 g/mol. The van der Waals surface area contributed by atoms with E-state index in [2.05, 4.69) is 15.6 Å². The molecule has 136 valence electrons. The molecule has 2 rings (SSSR count). The lowest BCUT2D eigenvalue weighted by Crippen LogP contribution is -2.44. The molecule has 1 aliphatic heterocycles. The summed E-state index contributed by atoms with van der Waals surface area (Å²) in [5, 5.41) is 7.17. The van der Waals surface area contributed by atoms with Crippen molar-refractivity contribution in [2.45, 2.75) is 32.2 Å². The van der Waals surface area contributed by atoms with E-state index in [1.54, 1.807) is 0 Å². The van der Waals surface area contributed by atoms with E-state index in [0.29, 0.717) is 18.9 Å². The van der Waals surface area contributed by atoms with E-state index in [1.165, 1.54) is 0 Å². The Labute approximate surface area is 166 Å². The standard InChI is InChI=1S/C16H24ClN3O2S.HI/c1-2-18-16(20-14-9-11-23(21,22)12-14)19-10-5-7-13-6-3-4-8-15(13)17;/h3-4,6,8,14H,2,5,7,9-12H2,1H3,(H2,18,19,20);1H. The molecule has 0 bridgehead atoms. The summed E-state index contributed by atoms with van der Waals surface area (Å²) < 4.78 is 23.0. The van der Waals surface area contributed by atoms with Crippen LogP contribution in [-0.2, 0) is 16.3 Å². The second-order valence-electron chi connectivity index (χ2n) is 5.70. The third kappa shape index (κ3) is 7.14. The summed E-state index contributed by atoms with van der Waals surface area (Å²) in [6, 6.07) is 7.79. The molecule has 1 aliphatic rings. The first-order valence-electron chi connectivity index (χ1n) is 7.99. The van der Waals surface area contributed by atoms with Crippen LogP contribution < -0.4 is 10.6 Å². The molecule has 1 unspecified atom stereocenters. The summed E-state index contributed by atoms with van der Waals surface area (Å²) in [4.78, 5) is 4.53.